The van der Waals surface area contributed by atoms with E-state index in [2.05, 4.69) is 47.0 Å². The number of rotatable bonds is 11. The minimum Gasteiger partial charge on any atom is -0.497 e. The highest BCUT2D eigenvalue weighted by atomic mass is 28.4. The van der Waals surface area contributed by atoms with Gasteiger partial charge in [-0.25, -0.2) is 5.48 Å². The molecule has 0 unspecified atom stereocenters. The van der Waals surface area contributed by atoms with Crippen LogP contribution >= 0.6 is 0 Å². The first-order valence-electron chi connectivity index (χ1n) is 9.85. The zero-order chi connectivity index (χ0) is 21.5. The van der Waals surface area contributed by atoms with E-state index in [1.54, 1.807) is 14.2 Å². The Balaban J connectivity index is 3.32. The van der Waals surface area contributed by atoms with E-state index < -0.39 is 14.4 Å². The van der Waals surface area contributed by atoms with Gasteiger partial charge in [0.2, 0.25) is 8.32 Å². The molecule has 1 amide bonds. The normalized spacial score (nSPS) is 13.1. The fourth-order valence-corrected chi connectivity index (χ4v) is 9.73. The lowest BCUT2D eigenvalue weighted by molar-refractivity contribution is -0.139. The van der Waals surface area contributed by atoms with Crippen LogP contribution in [-0.4, -0.2) is 41.7 Å². The second-order valence-corrected chi connectivity index (χ2v) is 13.4. The highest BCUT2D eigenvalue weighted by Gasteiger charge is 2.47. The van der Waals surface area contributed by atoms with Crippen LogP contribution in [0.5, 0.6) is 11.5 Å². The third-order valence-electron chi connectivity index (χ3n) is 5.45. The van der Waals surface area contributed by atoms with Crippen LogP contribution in [0.1, 0.15) is 47.1 Å². The number of amides is 1. The Morgan fingerprint density at radius 3 is 1.96 bits per heavy atom. The lowest BCUT2D eigenvalue weighted by atomic mass is 10.1. The molecular weight excluding hydrogens is 374 g/mol. The maximum Gasteiger partial charge on any atom is 0.271 e. The number of ether oxygens (including phenoxy) is 2. The quantitative estimate of drug-likeness (QED) is 0.429. The number of nitrogens with one attached hydrogen (secondary N) is 1. The number of benzene rings is 1. The van der Waals surface area contributed by atoms with Gasteiger partial charge in [0, 0.05) is 12.5 Å². The van der Waals surface area contributed by atoms with Crippen LogP contribution in [0.4, 0.5) is 0 Å². The second kappa shape index (κ2) is 10.8. The van der Waals surface area contributed by atoms with Crippen LogP contribution in [0, 0.1) is 0 Å². The first-order valence-corrected chi connectivity index (χ1v) is 12.0. The van der Waals surface area contributed by atoms with Gasteiger partial charge in [-0.3, -0.25) is 9.63 Å². The molecule has 0 spiro atoms. The van der Waals surface area contributed by atoms with E-state index in [0.717, 1.165) is 5.56 Å². The molecule has 0 fully saturated rings. The molecule has 0 heterocycles. The molecule has 160 valence electrons. The van der Waals surface area contributed by atoms with Crippen LogP contribution < -0.4 is 15.0 Å². The van der Waals surface area contributed by atoms with Crippen molar-refractivity contribution in [3.05, 3.63) is 23.8 Å². The molecule has 0 saturated heterocycles. The minimum absolute atomic E-state index is 0.279. The molecule has 1 aromatic carbocycles. The van der Waals surface area contributed by atoms with Gasteiger partial charge < -0.3 is 13.9 Å². The number of hydroxylamine groups is 1. The van der Waals surface area contributed by atoms with Crippen LogP contribution in [0.15, 0.2) is 18.2 Å². The monoisotopic (exact) mass is 411 g/mol. The number of hydrogen-bond donors (Lipinski definition) is 1. The summed E-state index contributed by atoms with van der Waals surface area (Å²) in [6, 6.07) is 5.59. The van der Waals surface area contributed by atoms with Gasteiger partial charge in [0.25, 0.3) is 5.91 Å². The number of carbonyl (C=O) groups excluding carboxylic acids is 1. The van der Waals surface area contributed by atoms with Crippen molar-refractivity contribution in [2.45, 2.75) is 70.7 Å². The maximum absolute atomic E-state index is 12.8. The molecular formula is C21H37NO5Si. The Morgan fingerprint density at radius 2 is 1.54 bits per heavy atom. The van der Waals surface area contributed by atoms with E-state index in [0.29, 0.717) is 34.5 Å². The van der Waals surface area contributed by atoms with Crippen molar-refractivity contribution in [1.82, 2.24) is 5.48 Å². The number of carbonyl (C=O) groups is 1. The molecule has 1 N–H and O–H groups in total. The van der Waals surface area contributed by atoms with Crippen LogP contribution in [0.25, 0.3) is 0 Å². The van der Waals surface area contributed by atoms with Gasteiger partial charge in [-0.2, -0.15) is 0 Å². The summed E-state index contributed by atoms with van der Waals surface area (Å²) in [7, 11) is 2.39. The highest BCUT2D eigenvalue weighted by Crippen LogP contribution is 2.43. The predicted octanol–water partition coefficient (Wildman–Crippen LogP) is 4.48. The van der Waals surface area contributed by atoms with Crippen LogP contribution in [0.3, 0.4) is 0 Å². The third kappa shape index (κ3) is 5.49. The van der Waals surface area contributed by atoms with Crippen molar-refractivity contribution in [3.63, 3.8) is 0 Å². The zero-order valence-corrected chi connectivity index (χ0v) is 19.8. The summed E-state index contributed by atoms with van der Waals surface area (Å²) >= 11 is 0. The Kier molecular flexibility index (Phi) is 9.46. The molecule has 0 aliphatic heterocycles. The van der Waals surface area contributed by atoms with Gasteiger partial charge in [-0.15, -0.1) is 0 Å². The first kappa shape index (κ1) is 24.5. The smallest absolute Gasteiger partial charge is 0.271 e. The lowest BCUT2D eigenvalue weighted by Gasteiger charge is -2.44. The molecule has 0 bridgehead atoms. The molecule has 0 aliphatic rings. The van der Waals surface area contributed by atoms with Crippen molar-refractivity contribution in [2.75, 3.05) is 21.3 Å². The predicted molar refractivity (Wildman–Crippen MR) is 114 cm³/mol. The number of hydrogen-bond acceptors (Lipinski definition) is 5. The Hall–Kier alpha value is -1.57. The fraction of sp³-hybridized carbons (Fsp3) is 0.667. The van der Waals surface area contributed by atoms with E-state index in [-0.39, 0.29) is 5.91 Å². The van der Waals surface area contributed by atoms with Crippen molar-refractivity contribution in [1.29, 1.82) is 0 Å². The first-order chi connectivity index (χ1) is 13.1. The lowest BCUT2D eigenvalue weighted by Crippen LogP contribution is -2.53. The molecule has 1 atom stereocenters. The van der Waals surface area contributed by atoms with Gasteiger partial charge in [0.05, 0.1) is 21.3 Å². The molecule has 7 heteroatoms. The van der Waals surface area contributed by atoms with Crippen molar-refractivity contribution in [2.24, 2.45) is 0 Å². The molecule has 0 saturated carbocycles. The Bertz CT molecular complexity index is 611. The van der Waals surface area contributed by atoms with Crippen molar-refractivity contribution >= 4 is 14.2 Å². The van der Waals surface area contributed by atoms with E-state index in [4.69, 9.17) is 18.7 Å². The average molecular weight is 412 g/mol. The molecule has 0 aromatic heterocycles. The SMILES string of the molecule is CONC(=O)[C@H](Cc1ccc(OC)cc1OC)O[Si](C(C)C)(C(C)C)C(C)C. The summed E-state index contributed by atoms with van der Waals surface area (Å²) in [5, 5.41) is 0. The van der Waals surface area contributed by atoms with Crippen LogP contribution in [0.2, 0.25) is 16.6 Å². The third-order valence-corrected chi connectivity index (χ3v) is 11.6. The van der Waals surface area contributed by atoms with Gasteiger partial charge >= 0.3 is 0 Å². The van der Waals surface area contributed by atoms with Crippen molar-refractivity contribution in [3.8, 4) is 11.5 Å². The maximum atomic E-state index is 12.8. The molecule has 1 rings (SSSR count). The van der Waals surface area contributed by atoms with E-state index in [9.17, 15) is 4.79 Å². The topological polar surface area (TPSA) is 66.0 Å². The van der Waals surface area contributed by atoms with Gasteiger partial charge in [-0.05, 0) is 28.3 Å². The average Bonchev–Trinajstić information content (AvgIpc) is 2.64. The summed E-state index contributed by atoms with van der Waals surface area (Å²) in [6.45, 7) is 13.2. The summed E-state index contributed by atoms with van der Waals surface area (Å²) in [4.78, 5) is 17.7. The second-order valence-electron chi connectivity index (χ2n) is 7.98. The Morgan fingerprint density at radius 1 is 0.964 bits per heavy atom. The van der Waals surface area contributed by atoms with Gasteiger partial charge in [-0.1, -0.05) is 47.6 Å². The van der Waals surface area contributed by atoms with Crippen molar-refractivity contribution < 1.29 is 23.5 Å². The summed E-state index contributed by atoms with van der Waals surface area (Å²) in [5.74, 6) is 1.10. The number of methoxy groups -OCH3 is 2. The fourth-order valence-electron chi connectivity index (χ4n) is 4.23. The Labute approximate surface area is 171 Å². The summed E-state index contributed by atoms with van der Waals surface area (Å²) in [5.41, 5.74) is 4.44. The van der Waals surface area contributed by atoms with Crippen LogP contribution in [-0.2, 0) is 20.5 Å². The molecule has 6 nitrogen and oxygen atoms in total. The van der Waals surface area contributed by atoms with E-state index in [1.807, 2.05) is 18.2 Å². The molecule has 1 aromatic rings. The summed E-state index contributed by atoms with van der Waals surface area (Å²) < 4.78 is 17.5. The van der Waals surface area contributed by atoms with E-state index >= 15 is 0 Å². The molecule has 0 radical (unpaired) electrons. The van der Waals surface area contributed by atoms with Gasteiger partial charge in [0.15, 0.2) is 0 Å². The van der Waals surface area contributed by atoms with Gasteiger partial charge in [0.1, 0.15) is 17.6 Å². The highest BCUT2D eigenvalue weighted by molar-refractivity contribution is 6.77. The zero-order valence-electron chi connectivity index (χ0n) is 18.8. The molecule has 0 aliphatic carbocycles. The summed E-state index contributed by atoms with van der Waals surface area (Å²) in [6.07, 6.45) is -0.274. The largest absolute Gasteiger partial charge is 0.497 e. The minimum atomic E-state index is -2.26. The molecule has 28 heavy (non-hydrogen) atoms. The van der Waals surface area contributed by atoms with E-state index in [1.165, 1.54) is 7.11 Å². The standard InChI is InChI=1S/C21H37NO5Si/c1-14(2)28(15(3)4,16(5)6)27-20(21(23)22-26-9)12-17-10-11-18(24-7)13-19(17)25-8/h10-11,13-16,20H,12H2,1-9H3,(H,22,23)/t20-/m0/s1.